The van der Waals surface area contributed by atoms with Crippen molar-refractivity contribution in [3.8, 4) is 0 Å². The van der Waals surface area contributed by atoms with E-state index in [1.54, 1.807) is 13.8 Å². The number of hydrogen-bond acceptors (Lipinski definition) is 0. The second kappa shape index (κ2) is 2.89. The summed E-state index contributed by atoms with van der Waals surface area (Å²) in [5, 5.41) is 0. The van der Waals surface area contributed by atoms with Crippen LogP contribution in [0, 0.1) is 5.41 Å². The molecule has 0 radical (unpaired) electrons. The van der Waals surface area contributed by atoms with Gasteiger partial charge in [0.25, 0.3) is 0 Å². The molecule has 0 spiro atoms. The van der Waals surface area contributed by atoms with E-state index in [9.17, 15) is 4.39 Å². The van der Waals surface area contributed by atoms with Crippen LogP contribution in [0.25, 0.3) is 0 Å². The molecule has 1 heteroatoms. The van der Waals surface area contributed by atoms with E-state index >= 15 is 0 Å². The molecule has 10 heavy (non-hydrogen) atoms. The smallest absolute Gasteiger partial charge is 0.105 e. The standard InChI is InChI=1S/C9H19F/c1-8(2,3)6-7-9(4,5)10/h6-7H2,1-5H3. The van der Waals surface area contributed by atoms with Crippen LogP contribution in [0.2, 0.25) is 0 Å². The molecule has 0 aromatic heterocycles. The number of halogens is 1. The van der Waals surface area contributed by atoms with Gasteiger partial charge in [-0.05, 0) is 32.1 Å². The van der Waals surface area contributed by atoms with E-state index < -0.39 is 5.67 Å². The zero-order valence-electron chi connectivity index (χ0n) is 7.79. The molecule has 0 N–H and O–H groups in total. The Labute approximate surface area is 63.8 Å². The van der Waals surface area contributed by atoms with Crippen LogP contribution < -0.4 is 0 Å². The molecule has 0 heterocycles. The van der Waals surface area contributed by atoms with Gasteiger partial charge in [0.15, 0.2) is 0 Å². The number of alkyl halides is 1. The third-order valence-corrected chi connectivity index (χ3v) is 1.47. The van der Waals surface area contributed by atoms with Gasteiger partial charge in [-0.2, -0.15) is 0 Å². The molecule has 0 unspecified atom stereocenters. The Morgan fingerprint density at radius 2 is 1.30 bits per heavy atom. The van der Waals surface area contributed by atoms with Gasteiger partial charge in [-0.25, -0.2) is 4.39 Å². The lowest BCUT2D eigenvalue weighted by molar-refractivity contribution is 0.171. The highest BCUT2D eigenvalue weighted by Gasteiger charge is 2.19. The average Bonchev–Trinajstić information content (AvgIpc) is 1.57. The quantitative estimate of drug-likeness (QED) is 0.558. The van der Waals surface area contributed by atoms with Crippen LogP contribution in [-0.2, 0) is 0 Å². The van der Waals surface area contributed by atoms with Gasteiger partial charge in [-0.1, -0.05) is 20.8 Å². The number of rotatable bonds is 2. The molecule has 0 aromatic carbocycles. The van der Waals surface area contributed by atoms with Crippen molar-refractivity contribution >= 4 is 0 Å². The van der Waals surface area contributed by atoms with Crippen LogP contribution in [0.5, 0.6) is 0 Å². The Bertz CT molecular complexity index is 78.3. The van der Waals surface area contributed by atoms with Crippen molar-refractivity contribution in [1.82, 2.24) is 0 Å². The second-order valence-corrected chi connectivity index (χ2v) is 4.78. The van der Waals surface area contributed by atoms with Crippen LogP contribution in [0.1, 0.15) is 47.5 Å². The van der Waals surface area contributed by atoms with Crippen LogP contribution in [0.4, 0.5) is 4.39 Å². The van der Waals surface area contributed by atoms with Gasteiger partial charge >= 0.3 is 0 Å². The van der Waals surface area contributed by atoms with Crippen molar-refractivity contribution in [2.24, 2.45) is 5.41 Å². The highest BCUT2D eigenvalue weighted by atomic mass is 19.1. The fraction of sp³-hybridized carbons (Fsp3) is 1.00. The van der Waals surface area contributed by atoms with Crippen LogP contribution >= 0.6 is 0 Å². The lowest BCUT2D eigenvalue weighted by atomic mass is 9.87. The molecule has 0 aliphatic carbocycles. The normalized spacial score (nSPS) is 13.8. The maximum atomic E-state index is 12.9. The Hall–Kier alpha value is -0.0700. The summed E-state index contributed by atoms with van der Waals surface area (Å²) in [5.41, 5.74) is -0.726. The molecule has 0 saturated heterocycles. The first-order valence-electron chi connectivity index (χ1n) is 3.90. The molecule has 0 bridgehead atoms. The SMILES string of the molecule is CC(C)(C)CCC(C)(C)F. The Morgan fingerprint density at radius 3 is 1.40 bits per heavy atom. The predicted octanol–water partition coefficient (Wildman–Crippen LogP) is 3.56. The fourth-order valence-electron chi connectivity index (χ4n) is 0.672. The van der Waals surface area contributed by atoms with Crippen molar-refractivity contribution < 1.29 is 4.39 Å². The summed E-state index contributed by atoms with van der Waals surface area (Å²) in [6, 6.07) is 0. The van der Waals surface area contributed by atoms with E-state index in [0.29, 0.717) is 6.42 Å². The third-order valence-electron chi connectivity index (χ3n) is 1.47. The van der Waals surface area contributed by atoms with Gasteiger partial charge in [-0.15, -0.1) is 0 Å². The average molecular weight is 146 g/mol. The van der Waals surface area contributed by atoms with Gasteiger partial charge in [0.2, 0.25) is 0 Å². The Balaban J connectivity index is 3.56. The molecule has 0 aromatic rings. The van der Waals surface area contributed by atoms with E-state index in [-0.39, 0.29) is 5.41 Å². The van der Waals surface area contributed by atoms with Gasteiger partial charge in [0.05, 0.1) is 0 Å². The minimum atomic E-state index is -0.993. The van der Waals surface area contributed by atoms with Crippen LogP contribution in [0.3, 0.4) is 0 Å². The van der Waals surface area contributed by atoms with E-state index in [2.05, 4.69) is 20.8 Å². The highest BCUT2D eigenvalue weighted by Crippen LogP contribution is 2.26. The monoisotopic (exact) mass is 146 g/mol. The summed E-state index contributed by atoms with van der Waals surface area (Å²) in [6.07, 6.45) is 1.62. The minimum Gasteiger partial charge on any atom is -0.245 e. The largest absolute Gasteiger partial charge is 0.245 e. The topological polar surface area (TPSA) is 0 Å². The van der Waals surface area contributed by atoms with Crippen molar-refractivity contribution in [3.63, 3.8) is 0 Å². The van der Waals surface area contributed by atoms with Crippen LogP contribution in [-0.4, -0.2) is 5.67 Å². The molecule has 0 aliphatic heterocycles. The first-order valence-corrected chi connectivity index (χ1v) is 3.90. The summed E-state index contributed by atoms with van der Waals surface area (Å²) in [5.74, 6) is 0. The summed E-state index contributed by atoms with van der Waals surface area (Å²) in [6.45, 7) is 9.69. The molecule has 0 saturated carbocycles. The van der Waals surface area contributed by atoms with Crippen LogP contribution in [0.15, 0.2) is 0 Å². The molecule has 0 nitrogen and oxygen atoms in total. The fourth-order valence-corrected chi connectivity index (χ4v) is 0.672. The van der Waals surface area contributed by atoms with E-state index in [4.69, 9.17) is 0 Å². The second-order valence-electron chi connectivity index (χ2n) is 4.78. The van der Waals surface area contributed by atoms with E-state index in [0.717, 1.165) is 6.42 Å². The highest BCUT2D eigenvalue weighted by molar-refractivity contribution is 4.71. The van der Waals surface area contributed by atoms with Gasteiger partial charge in [0, 0.05) is 0 Å². The minimum absolute atomic E-state index is 0.267. The van der Waals surface area contributed by atoms with Gasteiger partial charge < -0.3 is 0 Å². The van der Waals surface area contributed by atoms with Gasteiger partial charge in [-0.3, -0.25) is 0 Å². The summed E-state index contributed by atoms with van der Waals surface area (Å²) in [7, 11) is 0. The van der Waals surface area contributed by atoms with Gasteiger partial charge in [0.1, 0.15) is 5.67 Å². The Kier molecular flexibility index (Phi) is 2.87. The maximum Gasteiger partial charge on any atom is 0.105 e. The number of hydrogen-bond donors (Lipinski definition) is 0. The zero-order chi connectivity index (χ0) is 8.41. The first kappa shape index (κ1) is 9.93. The summed E-state index contributed by atoms with van der Waals surface area (Å²) < 4.78 is 12.9. The van der Waals surface area contributed by atoms with Crippen molar-refractivity contribution in [2.75, 3.05) is 0 Å². The Morgan fingerprint density at radius 1 is 0.900 bits per heavy atom. The van der Waals surface area contributed by atoms with Crippen molar-refractivity contribution in [3.05, 3.63) is 0 Å². The molecule has 62 valence electrons. The molecule has 0 fully saturated rings. The van der Waals surface area contributed by atoms with Crippen molar-refractivity contribution in [2.45, 2.75) is 53.1 Å². The zero-order valence-corrected chi connectivity index (χ0v) is 7.79. The molecular weight excluding hydrogens is 127 g/mol. The molecule has 0 aliphatic rings. The van der Waals surface area contributed by atoms with Crippen molar-refractivity contribution in [1.29, 1.82) is 0 Å². The lowest BCUT2D eigenvalue weighted by Crippen LogP contribution is -2.16. The first-order chi connectivity index (χ1) is 4.21. The lowest BCUT2D eigenvalue weighted by Gasteiger charge is -2.22. The molecule has 0 rings (SSSR count). The van der Waals surface area contributed by atoms with E-state index in [1.165, 1.54) is 0 Å². The maximum absolute atomic E-state index is 12.9. The van der Waals surface area contributed by atoms with E-state index in [1.807, 2.05) is 0 Å². The molecule has 0 atom stereocenters. The molecular formula is C9H19F. The molecule has 0 amide bonds. The predicted molar refractivity (Wildman–Crippen MR) is 43.9 cm³/mol. The summed E-state index contributed by atoms with van der Waals surface area (Å²) in [4.78, 5) is 0. The third kappa shape index (κ3) is 7.93. The summed E-state index contributed by atoms with van der Waals surface area (Å²) >= 11 is 0.